The Morgan fingerprint density at radius 1 is 1.67 bits per heavy atom. The minimum absolute atomic E-state index is 0.657. The van der Waals surface area contributed by atoms with Crippen molar-refractivity contribution in [2.75, 3.05) is 0 Å². The highest BCUT2D eigenvalue weighted by Gasteiger charge is 2.46. The molecule has 1 aliphatic carbocycles. The van der Waals surface area contributed by atoms with Gasteiger partial charge in [-0.3, -0.25) is 0 Å². The quantitative estimate of drug-likeness (QED) is 0.574. The van der Waals surface area contributed by atoms with Crippen molar-refractivity contribution in [3.8, 4) is 0 Å². The van der Waals surface area contributed by atoms with Gasteiger partial charge in [0.15, 0.2) is 0 Å². The van der Waals surface area contributed by atoms with E-state index in [1.54, 1.807) is 5.57 Å². The van der Waals surface area contributed by atoms with Crippen LogP contribution in [0.25, 0.3) is 0 Å². The van der Waals surface area contributed by atoms with Gasteiger partial charge in [0.25, 0.3) is 0 Å². The zero-order valence-electron chi connectivity index (χ0n) is 7.68. The fraction of sp³-hybridized carbons (Fsp3) is 0.800. The Kier molecular flexibility index (Phi) is 2.36. The first-order valence-corrected chi connectivity index (χ1v) is 6.07. The zero-order valence-corrected chi connectivity index (χ0v) is 9.84. The van der Waals surface area contributed by atoms with Gasteiger partial charge in [-0.15, -0.1) is 0 Å². The molecule has 1 saturated carbocycles. The molecule has 1 heterocycles. The molecule has 1 fully saturated rings. The lowest BCUT2D eigenvalue weighted by atomic mass is 10.1. The van der Waals surface area contributed by atoms with Crippen LogP contribution in [0.2, 0.25) is 0 Å². The van der Waals surface area contributed by atoms with Crippen LogP contribution in [0.15, 0.2) is 11.8 Å². The van der Waals surface area contributed by atoms with E-state index in [4.69, 9.17) is 0 Å². The summed E-state index contributed by atoms with van der Waals surface area (Å²) in [6.45, 7) is 4.56. The molecule has 0 spiro atoms. The van der Waals surface area contributed by atoms with Crippen LogP contribution in [0.4, 0.5) is 0 Å². The largest absolute Gasteiger partial charge is 0.387 e. The molecule has 1 N–H and O–H groups in total. The molecule has 1 unspecified atom stereocenters. The highest BCUT2D eigenvalue weighted by Crippen LogP contribution is 2.51. The van der Waals surface area contributed by atoms with Crippen molar-refractivity contribution in [1.29, 1.82) is 0 Å². The fourth-order valence-corrected chi connectivity index (χ4v) is 3.17. The Bertz CT molecular complexity index is 212. The van der Waals surface area contributed by atoms with E-state index in [0.29, 0.717) is 6.04 Å². The van der Waals surface area contributed by atoms with Crippen LogP contribution in [0.3, 0.4) is 0 Å². The van der Waals surface area contributed by atoms with E-state index in [1.807, 2.05) is 0 Å². The van der Waals surface area contributed by atoms with Crippen molar-refractivity contribution in [2.45, 2.75) is 36.7 Å². The molecule has 0 aromatic carbocycles. The lowest BCUT2D eigenvalue weighted by Gasteiger charge is -2.16. The van der Waals surface area contributed by atoms with Gasteiger partial charge < -0.3 is 5.32 Å². The summed E-state index contributed by atoms with van der Waals surface area (Å²) < 4.78 is 0.827. The van der Waals surface area contributed by atoms with Crippen LogP contribution in [-0.4, -0.2) is 9.97 Å². The van der Waals surface area contributed by atoms with E-state index in [-0.39, 0.29) is 0 Å². The maximum Gasteiger partial charge on any atom is 0.0348 e. The number of allylic oxidation sites excluding steroid dienone is 1. The number of rotatable bonds is 1. The van der Waals surface area contributed by atoms with Crippen molar-refractivity contribution in [1.82, 2.24) is 5.32 Å². The normalized spacial score (nSPS) is 45.4. The summed E-state index contributed by atoms with van der Waals surface area (Å²) in [6, 6.07) is 0.657. The summed E-state index contributed by atoms with van der Waals surface area (Å²) >= 11 is 2.61. The van der Waals surface area contributed by atoms with Crippen LogP contribution in [-0.2, 0) is 0 Å². The monoisotopic (exact) mass is 277 g/mol. The van der Waals surface area contributed by atoms with Crippen LogP contribution >= 0.6 is 22.6 Å². The molecule has 1 nitrogen and oxygen atoms in total. The molecule has 2 aliphatic rings. The number of halogens is 1. The first-order chi connectivity index (χ1) is 5.74. The predicted molar refractivity (Wildman–Crippen MR) is 60.4 cm³/mol. The lowest BCUT2D eigenvalue weighted by Crippen LogP contribution is -2.30. The standard InChI is InChI=1S/C10H16IN/c1-3-7-5-12-6(2)10(11)9-4-8(7)9/h5-6,8-10,12H,3-4H2,1-2H3/t6-,8-,9?,10+/m0/s1. The SMILES string of the molecule is CCC1=CN[C@@H](C)[C@@H](I)C2C[C@@H]12. The van der Waals surface area contributed by atoms with Gasteiger partial charge in [0, 0.05) is 9.97 Å². The molecular weight excluding hydrogens is 261 g/mol. The Morgan fingerprint density at radius 2 is 2.42 bits per heavy atom. The molecule has 4 atom stereocenters. The van der Waals surface area contributed by atoms with E-state index in [9.17, 15) is 0 Å². The molecule has 2 heteroatoms. The molecule has 0 bridgehead atoms. The van der Waals surface area contributed by atoms with Crippen LogP contribution in [0.5, 0.6) is 0 Å². The van der Waals surface area contributed by atoms with Gasteiger partial charge in [-0.1, -0.05) is 35.1 Å². The molecule has 0 saturated heterocycles. The van der Waals surface area contributed by atoms with Crippen molar-refractivity contribution in [2.24, 2.45) is 11.8 Å². The smallest absolute Gasteiger partial charge is 0.0348 e. The third-order valence-electron chi connectivity index (χ3n) is 3.14. The molecule has 12 heavy (non-hydrogen) atoms. The summed E-state index contributed by atoms with van der Waals surface area (Å²) in [4.78, 5) is 0. The van der Waals surface area contributed by atoms with Crippen LogP contribution in [0.1, 0.15) is 26.7 Å². The highest BCUT2D eigenvalue weighted by atomic mass is 127. The van der Waals surface area contributed by atoms with Gasteiger partial charge in [-0.2, -0.15) is 0 Å². The van der Waals surface area contributed by atoms with Gasteiger partial charge in [0.1, 0.15) is 0 Å². The first-order valence-electron chi connectivity index (χ1n) is 4.83. The molecule has 68 valence electrons. The Morgan fingerprint density at radius 3 is 3.08 bits per heavy atom. The minimum atomic E-state index is 0.657. The average molecular weight is 277 g/mol. The average Bonchev–Trinajstić information content (AvgIpc) is 2.83. The summed E-state index contributed by atoms with van der Waals surface area (Å²) in [5.41, 5.74) is 1.64. The molecule has 1 aliphatic heterocycles. The third-order valence-corrected chi connectivity index (χ3v) is 5.15. The van der Waals surface area contributed by atoms with Gasteiger partial charge in [-0.25, -0.2) is 0 Å². The van der Waals surface area contributed by atoms with Crippen molar-refractivity contribution in [3.63, 3.8) is 0 Å². The Balaban J connectivity index is 2.13. The molecule has 0 amide bonds. The van der Waals surface area contributed by atoms with Gasteiger partial charge in [-0.05, 0) is 37.8 Å². The second kappa shape index (κ2) is 3.20. The first kappa shape index (κ1) is 8.85. The number of hydrogen-bond donors (Lipinski definition) is 1. The zero-order chi connectivity index (χ0) is 8.72. The van der Waals surface area contributed by atoms with Crippen molar-refractivity contribution < 1.29 is 0 Å². The van der Waals surface area contributed by atoms with Crippen LogP contribution < -0.4 is 5.32 Å². The molecule has 0 aromatic heterocycles. The summed E-state index contributed by atoms with van der Waals surface area (Å²) in [5.74, 6) is 1.90. The number of hydrogen-bond acceptors (Lipinski definition) is 1. The fourth-order valence-electron chi connectivity index (χ4n) is 2.17. The maximum absolute atomic E-state index is 3.49. The summed E-state index contributed by atoms with van der Waals surface area (Å²) in [6.07, 6.45) is 4.94. The highest BCUT2D eigenvalue weighted by molar-refractivity contribution is 14.1. The Labute approximate surface area is 88.1 Å². The number of fused-ring (bicyclic) bond motifs is 1. The maximum atomic E-state index is 3.49. The predicted octanol–water partition coefficient (Wildman–Crippen LogP) is 2.71. The van der Waals surface area contributed by atoms with E-state index in [0.717, 1.165) is 15.8 Å². The van der Waals surface area contributed by atoms with E-state index in [1.165, 1.54) is 12.8 Å². The lowest BCUT2D eigenvalue weighted by molar-refractivity contribution is 0.583. The van der Waals surface area contributed by atoms with E-state index >= 15 is 0 Å². The topological polar surface area (TPSA) is 12.0 Å². The summed E-state index contributed by atoms with van der Waals surface area (Å²) in [7, 11) is 0. The van der Waals surface area contributed by atoms with E-state index in [2.05, 4.69) is 48.0 Å². The third kappa shape index (κ3) is 1.38. The van der Waals surface area contributed by atoms with Gasteiger partial charge >= 0.3 is 0 Å². The molecular formula is C10H16IN. The second-order valence-electron chi connectivity index (χ2n) is 3.98. The van der Waals surface area contributed by atoms with Gasteiger partial charge in [0.2, 0.25) is 0 Å². The van der Waals surface area contributed by atoms with E-state index < -0.39 is 0 Å². The van der Waals surface area contributed by atoms with Gasteiger partial charge in [0.05, 0.1) is 0 Å². The second-order valence-corrected chi connectivity index (χ2v) is 5.42. The number of alkyl halides is 1. The number of nitrogens with one attached hydrogen (secondary N) is 1. The van der Waals surface area contributed by atoms with Crippen molar-refractivity contribution >= 4 is 22.6 Å². The Hall–Kier alpha value is 0.270. The molecule has 2 rings (SSSR count). The van der Waals surface area contributed by atoms with Crippen LogP contribution in [0, 0.1) is 11.8 Å². The minimum Gasteiger partial charge on any atom is -0.387 e. The molecule has 0 radical (unpaired) electrons. The summed E-state index contributed by atoms with van der Waals surface area (Å²) in [5, 5.41) is 3.49. The molecule has 0 aromatic rings. The van der Waals surface area contributed by atoms with Crippen molar-refractivity contribution in [3.05, 3.63) is 11.8 Å².